The number of β-amino-alcohol motifs (C(OH)–C–C–N with tert-alkyl or cyclic N) is 1. The molecule has 4 unspecified atom stereocenters. The summed E-state index contributed by atoms with van der Waals surface area (Å²) in [4.78, 5) is 2.49. The maximum absolute atomic E-state index is 10.2. The summed E-state index contributed by atoms with van der Waals surface area (Å²) < 4.78 is 0. The maximum atomic E-state index is 10.2. The monoisotopic (exact) mass is 296 g/mol. The second-order valence-corrected chi connectivity index (χ2v) is 8.78. The minimum Gasteiger partial charge on any atom is -0.389 e. The molecule has 3 nitrogen and oxygen atoms in total. The first-order valence-electron chi connectivity index (χ1n) is 8.89. The van der Waals surface area contributed by atoms with Gasteiger partial charge in [0.2, 0.25) is 0 Å². The van der Waals surface area contributed by atoms with E-state index in [4.69, 9.17) is 0 Å². The molecule has 0 radical (unpaired) electrons. The molecule has 1 aliphatic carbocycles. The van der Waals surface area contributed by atoms with E-state index in [0.29, 0.717) is 11.5 Å². The lowest BCUT2D eigenvalue weighted by atomic mass is 9.67. The predicted octanol–water partition coefficient (Wildman–Crippen LogP) is 2.88. The molecule has 2 aliphatic rings. The maximum Gasteiger partial charge on any atom is 0.0758 e. The summed E-state index contributed by atoms with van der Waals surface area (Å²) in [5, 5.41) is 13.9. The summed E-state index contributed by atoms with van der Waals surface area (Å²) in [5.41, 5.74) is -0.0439. The van der Waals surface area contributed by atoms with Gasteiger partial charge in [-0.1, -0.05) is 27.7 Å². The Kier molecular flexibility index (Phi) is 5.38. The number of aliphatic hydroxyl groups is 1. The molecular formula is C18H36N2O. The van der Waals surface area contributed by atoms with Crippen molar-refractivity contribution in [3.05, 3.63) is 0 Å². The highest BCUT2D eigenvalue weighted by atomic mass is 16.3. The fourth-order valence-electron chi connectivity index (χ4n) is 4.31. The van der Waals surface area contributed by atoms with Crippen LogP contribution in [0.1, 0.15) is 60.3 Å². The molecule has 3 heteroatoms. The minimum atomic E-state index is -0.466. The van der Waals surface area contributed by atoms with Gasteiger partial charge in [0.1, 0.15) is 0 Å². The van der Waals surface area contributed by atoms with Gasteiger partial charge in [-0.05, 0) is 56.4 Å². The van der Waals surface area contributed by atoms with Crippen LogP contribution in [0.4, 0.5) is 0 Å². The zero-order valence-electron chi connectivity index (χ0n) is 14.8. The van der Waals surface area contributed by atoms with Crippen molar-refractivity contribution in [2.75, 3.05) is 26.2 Å². The second-order valence-electron chi connectivity index (χ2n) is 8.78. The van der Waals surface area contributed by atoms with Gasteiger partial charge in [-0.15, -0.1) is 0 Å². The molecule has 0 aromatic rings. The molecular weight excluding hydrogens is 260 g/mol. The molecule has 124 valence electrons. The standard InChI is InChI=1S/C18H36N2O/c1-6-19-16-8-7-15(17(2,3)4)11-14(16)12-20-10-9-18(5,21)13-20/h14-16,19,21H,6-13H2,1-5H3. The highest BCUT2D eigenvalue weighted by Crippen LogP contribution is 2.41. The van der Waals surface area contributed by atoms with E-state index in [1.54, 1.807) is 0 Å². The normalized spacial score (nSPS) is 38.9. The average molecular weight is 296 g/mol. The van der Waals surface area contributed by atoms with Crippen LogP contribution < -0.4 is 5.32 Å². The van der Waals surface area contributed by atoms with E-state index in [2.05, 4.69) is 37.9 Å². The van der Waals surface area contributed by atoms with Crippen molar-refractivity contribution in [3.8, 4) is 0 Å². The van der Waals surface area contributed by atoms with Gasteiger partial charge in [-0.3, -0.25) is 0 Å². The molecule has 0 aromatic heterocycles. The van der Waals surface area contributed by atoms with Gasteiger partial charge < -0.3 is 15.3 Å². The molecule has 1 saturated carbocycles. The van der Waals surface area contributed by atoms with Gasteiger partial charge in [0.15, 0.2) is 0 Å². The molecule has 1 heterocycles. The Labute approximate surface area is 131 Å². The van der Waals surface area contributed by atoms with Gasteiger partial charge in [-0.2, -0.15) is 0 Å². The Morgan fingerprint density at radius 1 is 1.29 bits per heavy atom. The Morgan fingerprint density at radius 2 is 2.00 bits per heavy atom. The van der Waals surface area contributed by atoms with Gasteiger partial charge in [0.25, 0.3) is 0 Å². The first-order valence-corrected chi connectivity index (χ1v) is 8.89. The van der Waals surface area contributed by atoms with Crippen LogP contribution in [0, 0.1) is 17.3 Å². The van der Waals surface area contributed by atoms with Crippen LogP contribution in [0.25, 0.3) is 0 Å². The van der Waals surface area contributed by atoms with E-state index in [1.807, 2.05) is 6.92 Å². The Hall–Kier alpha value is -0.120. The van der Waals surface area contributed by atoms with Gasteiger partial charge in [-0.25, -0.2) is 0 Å². The van der Waals surface area contributed by atoms with Gasteiger partial charge in [0, 0.05) is 25.7 Å². The third kappa shape index (κ3) is 4.67. The van der Waals surface area contributed by atoms with Crippen molar-refractivity contribution in [2.24, 2.45) is 17.3 Å². The third-order valence-corrected chi connectivity index (χ3v) is 5.70. The van der Waals surface area contributed by atoms with Crippen molar-refractivity contribution in [3.63, 3.8) is 0 Å². The van der Waals surface area contributed by atoms with Crippen molar-refractivity contribution in [1.29, 1.82) is 0 Å². The van der Waals surface area contributed by atoms with Crippen molar-refractivity contribution in [1.82, 2.24) is 10.2 Å². The van der Waals surface area contributed by atoms with Crippen LogP contribution in [0.2, 0.25) is 0 Å². The van der Waals surface area contributed by atoms with E-state index in [9.17, 15) is 5.11 Å². The predicted molar refractivity (Wildman–Crippen MR) is 89.4 cm³/mol. The van der Waals surface area contributed by atoms with Crippen molar-refractivity contribution < 1.29 is 5.11 Å². The topological polar surface area (TPSA) is 35.5 Å². The highest BCUT2D eigenvalue weighted by Gasteiger charge is 2.38. The lowest BCUT2D eigenvalue weighted by Gasteiger charge is -2.43. The van der Waals surface area contributed by atoms with Gasteiger partial charge >= 0.3 is 0 Å². The number of rotatable bonds is 4. The lowest BCUT2D eigenvalue weighted by molar-refractivity contribution is 0.0561. The smallest absolute Gasteiger partial charge is 0.0758 e. The molecule has 0 amide bonds. The van der Waals surface area contributed by atoms with Crippen molar-refractivity contribution >= 4 is 0 Å². The summed E-state index contributed by atoms with van der Waals surface area (Å²) in [6.45, 7) is 15.5. The molecule has 1 saturated heterocycles. The van der Waals surface area contributed by atoms with Crippen LogP contribution in [0.5, 0.6) is 0 Å². The number of nitrogens with zero attached hydrogens (tertiary/aromatic N) is 1. The fraction of sp³-hybridized carbons (Fsp3) is 1.00. The molecule has 0 bridgehead atoms. The number of hydrogen-bond donors (Lipinski definition) is 2. The van der Waals surface area contributed by atoms with E-state index in [1.165, 1.54) is 19.3 Å². The van der Waals surface area contributed by atoms with Crippen LogP contribution in [0.3, 0.4) is 0 Å². The van der Waals surface area contributed by atoms with E-state index < -0.39 is 5.60 Å². The molecule has 0 aromatic carbocycles. The molecule has 1 aliphatic heterocycles. The molecule has 2 fully saturated rings. The lowest BCUT2D eigenvalue weighted by Crippen LogP contribution is -2.47. The fourth-order valence-corrected chi connectivity index (χ4v) is 4.31. The van der Waals surface area contributed by atoms with E-state index in [-0.39, 0.29) is 0 Å². The Morgan fingerprint density at radius 3 is 2.52 bits per heavy atom. The zero-order chi connectivity index (χ0) is 15.7. The molecule has 2 N–H and O–H groups in total. The van der Waals surface area contributed by atoms with Crippen molar-refractivity contribution in [2.45, 2.75) is 71.9 Å². The second kappa shape index (κ2) is 6.55. The molecule has 0 spiro atoms. The zero-order valence-corrected chi connectivity index (χ0v) is 14.8. The Bertz CT molecular complexity index is 335. The van der Waals surface area contributed by atoms with Crippen LogP contribution in [-0.4, -0.2) is 47.8 Å². The summed E-state index contributed by atoms with van der Waals surface area (Å²) >= 11 is 0. The summed E-state index contributed by atoms with van der Waals surface area (Å²) in [6.07, 6.45) is 4.92. The average Bonchev–Trinajstić information content (AvgIpc) is 2.70. The van der Waals surface area contributed by atoms with Crippen LogP contribution in [0.15, 0.2) is 0 Å². The molecule has 21 heavy (non-hydrogen) atoms. The quantitative estimate of drug-likeness (QED) is 0.837. The minimum absolute atomic E-state index is 0.423. The first kappa shape index (κ1) is 17.2. The summed E-state index contributed by atoms with van der Waals surface area (Å²) in [7, 11) is 0. The van der Waals surface area contributed by atoms with E-state index in [0.717, 1.165) is 44.4 Å². The van der Waals surface area contributed by atoms with E-state index >= 15 is 0 Å². The number of hydrogen-bond acceptors (Lipinski definition) is 3. The number of likely N-dealkylation sites (tertiary alicyclic amines) is 1. The summed E-state index contributed by atoms with van der Waals surface area (Å²) in [6, 6.07) is 0.666. The highest BCUT2D eigenvalue weighted by molar-refractivity contribution is 4.93. The first-order chi connectivity index (χ1) is 9.71. The Balaban J connectivity index is 1.97. The third-order valence-electron chi connectivity index (χ3n) is 5.70. The SMILES string of the molecule is CCNC1CCC(C(C)(C)C)CC1CN1CCC(C)(O)C1. The van der Waals surface area contributed by atoms with Crippen LogP contribution >= 0.6 is 0 Å². The molecule has 4 atom stereocenters. The van der Waals surface area contributed by atoms with Crippen LogP contribution in [-0.2, 0) is 0 Å². The molecule has 2 rings (SSSR count). The van der Waals surface area contributed by atoms with Gasteiger partial charge in [0.05, 0.1) is 5.60 Å². The number of nitrogens with one attached hydrogen (secondary N) is 1. The largest absolute Gasteiger partial charge is 0.389 e. The summed E-state index contributed by atoms with van der Waals surface area (Å²) in [5.74, 6) is 1.57.